The van der Waals surface area contributed by atoms with Gasteiger partial charge in [0.05, 0.1) is 23.0 Å². The second-order valence-electron chi connectivity index (χ2n) is 8.21. The maximum absolute atomic E-state index is 12.9. The summed E-state index contributed by atoms with van der Waals surface area (Å²) in [5.41, 5.74) is 2.69. The van der Waals surface area contributed by atoms with E-state index in [0.29, 0.717) is 27.5 Å². The maximum Gasteiger partial charge on any atom is 0.293 e. The summed E-state index contributed by atoms with van der Waals surface area (Å²) in [7, 11) is 1.57. The fourth-order valence-electron chi connectivity index (χ4n) is 4.09. The SMILES string of the molecule is COc1cc(/C=C2\SC(=O)N(Cc3ccccc3)C2=O)cc(Br)c1OCc1cccc2ccccc12. The minimum atomic E-state index is -0.305. The molecule has 180 valence electrons. The zero-order chi connectivity index (χ0) is 25.1. The minimum absolute atomic E-state index is 0.247. The quantitative estimate of drug-likeness (QED) is 0.220. The first kappa shape index (κ1) is 24.2. The Hall–Kier alpha value is -3.55. The number of hydrogen-bond acceptors (Lipinski definition) is 5. The smallest absolute Gasteiger partial charge is 0.293 e. The van der Waals surface area contributed by atoms with Gasteiger partial charge in [-0.15, -0.1) is 0 Å². The van der Waals surface area contributed by atoms with E-state index >= 15 is 0 Å². The zero-order valence-electron chi connectivity index (χ0n) is 19.4. The van der Waals surface area contributed by atoms with Gasteiger partial charge >= 0.3 is 0 Å². The molecular weight excluding hydrogens is 538 g/mol. The number of methoxy groups -OCH3 is 1. The summed E-state index contributed by atoms with van der Waals surface area (Å²) in [4.78, 5) is 27.1. The molecule has 4 aromatic rings. The van der Waals surface area contributed by atoms with Crippen molar-refractivity contribution in [2.24, 2.45) is 0 Å². The monoisotopic (exact) mass is 559 g/mol. The van der Waals surface area contributed by atoms with E-state index in [0.717, 1.165) is 39.2 Å². The van der Waals surface area contributed by atoms with Gasteiger partial charge in [0, 0.05) is 0 Å². The molecule has 1 heterocycles. The van der Waals surface area contributed by atoms with E-state index in [2.05, 4.69) is 34.1 Å². The van der Waals surface area contributed by atoms with Crippen LogP contribution in [0.25, 0.3) is 16.8 Å². The lowest BCUT2D eigenvalue weighted by Crippen LogP contribution is -2.27. The standard InChI is InChI=1S/C29H22BrNO4S/c1-34-25-15-20(16-26-28(32)31(29(33)36-26)17-19-8-3-2-4-9-19)14-24(30)27(25)35-18-22-12-7-11-21-10-5-6-13-23(21)22/h2-16H,17-18H2,1H3/b26-16-. The predicted octanol–water partition coefficient (Wildman–Crippen LogP) is 7.43. The summed E-state index contributed by atoms with van der Waals surface area (Å²) in [6, 6.07) is 27.4. The van der Waals surface area contributed by atoms with Crippen molar-refractivity contribution in [3.8, 4) is 11.5 Å². The van der Waals surface area contributed by atoms with Crippen molar-refractivity contribution in [1.82, 2.24) is 4.90 Å². The number of thioether (sulfide) groups is 1. The van der Waals surface area contributed by atoms with Crippen molar-refractivity contribution in [2.75, 3.05) is 7.11 Å². The highest BCUT2D eigenvalue weighted by molar-refractivity contribution is 9.10. The Balaban J connectivity index is 1.37. The average Bonchev–Trinajstić information content (AvgIpc) is 3.15. The normalized spacial score (nSPS) is 14.6. The fourth-order valence-corrected chi connectivity index (χ4v) is 5.50. The Morgan fingerprint density at radius 2 is 1.69 bits per heavy atom. The number of ether oxygens (including phenoxy) is 2. The van der Waals surface area contributed by atoms with Crippen LogP contribution in [0.3, 0.4) is 0 Å². The number of benzene rings is 4. The van der Waals surface area contributed by atoms with Crippen molar-refractivity contribution in [3.05, 3.63) is 111 Å². The number of carbonyl (C=O) groups excluding carboxylic acids is 2. The van der Waals surface area contributed by atoms with Crippen LogP contribution in [-0.4, -0.2) is 23.2 Å². The molecule has 2 amide bonds. The third-order valence-electron chi connectivity index (χ3n) is 5.86. The van der Waals surface area contributed by atoms with Crippen LogP contribution in [0, 0.1) is 0 Å². The van der Waals surface area contributed by atoms with E-state index in [1.54, 1.807) is 19.3 Å². The van der Waals surface area contributed by atoms with E-state index < -0.39 is 0 Å². The zero-order valence-corrected chi connectivity index (χ0v) is 21.8. The Morgan fingerprint density at radius 3 is 2.50 bits per heavy atom. The first-order chi connectivity index (χ1) is 17.5. The number of amides is 2. The van der Waals surface area contributed by atoms with Crippen molar-refractivity contribution in [2.45, 2.75) is 13.2 Å². The van der Waals surface area contributed by atoms with Crippen LogP contribution in [0.1, 0.15) is 16.7 Å². The average molecular weight is 560 g/mol. The number of carbonyl (C=O) groups is 2. The first-order valence-electron chi connectivity index (χ1n) is 11.3. The minimum Gasteiger partial charge on any atom is -0.493 e. The summed E-state index contributed by atoms with van der Waals surface area (Å²) in [5, 5.41) is 2.01. The molecule has 1 fully saturated rings. The Labute approximate surface area is 221 Å². The molecule has 5 nitrogen and oxygen atoms in total. The number of fused-ring (bicyclic) bond motifs is 1. The molecule has 0 atom stereocenters. The van der Waals surface area contributed by atoms with Crippen LogP contribution in [0.15, 0.2) is 94.3 Å². The lowest BCUT2D eigenvalue weighted by molar-refractivity contribution is -0.123. The molecule has 0 saturated carbocycles. The molecule has 1 saturated heterocycles. The highest BCUT2D eigenvalue weighted by atomic mass is 79.9. The van der Waals surface area contributed by atoms with Crippen LogP contribution < -0.4 is 9.47 Å². The van der Waals surface area contributed by atoms with E-state index in [9.17, 15) is 9.59 Å². The molecule has 0 N–H and O–H groups in total. The summed E-state index contributed by atoms with van der Waals surface area (Å²) in [5.74, 6) is 0.791. The van der Waals surface area contributed by atoms with Crippen molar-refractivity contribution in [3.63, 3.8) is 0 Å². The van der Waals surface area contributed by atoms with Gasteiger partial charge in [-0.2, -0.15) is 0 Å². The molecular formula is C29H22BrNO4S. The lowest BCUT2D eigenvalue weighted by Gasteiger charge is -2.15. The third kappa shape index (κ3) is 5.03. The van der Waals surface area contributed by atoms with Gasteiger partial charge in [-0.05, 0) is 73.4 Å². The Kier molecular flexibility index (Phi) is 7.11. The van der Waals surface area contributed by atoms with E-state index in [-0.39, 0.29) is 17.7 Å². The number of halogens is 1. The summed E-state index contributed by atoms with van der Waals surface area (Å²) in [6.45, 7) is 0.616. The summed E-state index contributed by atoms with van der Waals surface area (Å²) < 4.78 is 12.5. The first-order valence-corrected chi connectivity index (χ1v) is 12.9. The number of hydrogen-bond donors (Lipinski definition) is 0. The van der Waals surface area contributed by atoms with E-state index in [1.165, 1.54) is 4.90 Å². The molecule has 0 unspecified atom stereocenters. The molecule has 1 aliphatic rings. The molecule has 0 aliphatic carbocycles. The van der Waals surface area contributed by atoms with Crippen LogP contribution >= 0.6 is 27.7 Å². The molecule has 1 aliphatic heterocycles. The summed E-state index contributed by atoms with van der Waals surface area (Å²) >= 11 is 4.53. The lowest BCUT2D eigenvalue weighted by atomic mass is 10.1. The highest BCUT2D eigenvalue weighted by Gasteiger charge is 2.35. The van der Waals surface area contributed by atoms with Crippen LogP contribution in [0.4, 0.5) is 4.79 Å². The highest BCUT2D eigenvalue weighted by Crippen LogP contribution is 2.40. The van der Waals surface area contributed by atoms with Gasteiger partial charge in [-0.3, -0.25) is 14.5 Å². The third-order valence-corrected chi connectivity index (χ3v) is 7.36. The van der Waals surface area contributed by atoms with Gasteiger partial charge in [0.15, 0.2) is 11.5 Å². The van der Waals surface area contributed by atoms with Gasteiger partial charge in [0.25, 0.3) is 11.1 Å². The fraction of sp³-hybridized carbons (Fsp3) is 0.103. The van der Waals surface area contributed by atoms with Gasteiger partial charge in [0.2, 0.25) is 0 Å². The molecule has 36 heavy (non-hydrogen) atoms. The second-order valence-corrected chi connectivity index (χ2v) is 10.1. The van der Waals surface area contributed by atoms with Crippen molar-refractivity contribution >= 4 is 55.7 Å². The molecule has 0 spiro atoms. The topological polar surface area (TPSA) is 55.8 Å². The number of imide groups is 1. The Morgan fingerprint density at radius 1 is 0.944 bits per heavy atom. The maximum atomic E-state index is 12.9. The number of nitrogens with zero attached hydrogens (tertiary/aromatic N) is 1. The van der Waals surface area contributed by atoms with Gasteiger partial charge in [-0.25, -0.2) is 0 Å². The van der Waals surface area contributed by atoms with E-state index in [4.69, 9.17) is 9.47 Å². The largest absolute Gasteiger partial charge is 0.493 e. The molecule has 0 bridgehead atoms. The molecule has 4 aromatic carbocycles. The molecule has 5 rings (SSSR count). The van der Waals surface area contributed by atoms with Gasteiger partial charge in [-0.1, -0.05) is 72.8 Å². The Bertz CT molecular complexity index is 1480. The van der Waals surface area contributed by atoms with Gasteiger partial charge in [0.1, 0.15) is 6.61 Å². The van der Waals surface area contributed by atoms with Crippen LogP contribution in [0.5, 0.6) is 11.5 Å². The predicted molar refractivity (Wildman–Crippen MR) is 147 cm³/mol. The number of rotatable bonds is 7. The second kappa shape index (κ2) is 10.6. The van der Waals surface area contributed by atoms with Crippen LogP contribution in [-0.2, 0) is 17.9 Å². The van der Waals surface area contributed by atoms with Gasteiger partial charge < -0.3 is 9.47 Å². The van der Waals surface area contributed by atoms with Crippen molar-refractivity contribution < 1.29 is 19.1 Å². The van der Waals surface area contributed by atoms with Crippen molar-refractivity contribution in [1.29, 1.82) is 0 Å². The van der Waals surface area contributed by atoms with Crippen LogP contribution in [0.2, 0.25) is 0 Å². The molecule has 7 heteroatoms. The molecule has 0 radical (unpaired) electrons. The van der Waals surface area contributed by atoms with E-state index in [1.807, 2.05) is 60.7 Å². The molecule has 0 aromatic heterocycles. The summed E-state index contributed by atoms with van der Waals surface area (Å²) in [6.07, 6.45) is 1.71.